The van der Waals surface area contributed by atoms with Crippen molar-refractivity contribution in [2.75, 3.05) is 20.1 Å². The molecule has 0 radical (unpaired) electrons. The van der Waals surface area contributed by atoms with E-state index in [1.54, 1.807) is 17.2 Å². The number of amides is 1. The predicted molar refractivity (Wildman–Crippen MR) is 133 cm³/mol. The van der Waals surface area contributed by atoms with Gasteiger partial charge in [0.1, 0.15) is 0 Å². The largest absolute Gasteiger partial charge is 0.333 e. The number of aryl methyl sites for hydroxylation is 2. The highest BCUT2D eigenvalue weighted by Gasteiger charge is 2.35. The molecule has 1 atom stereocenters. The van der Waals surface area contributed by atoms with Gasteiger partial charge < -0.3 is 4.90 Å². The molecule has 1 aliphatic heterocycles. The second-order valence-electron chi connectivity index (χ2n) is 8.96. The minimum absolute atomic E-state index is 0.0167. The minimum atomic E-state index is -3.58. The van der Waals surface area contributed by atoms with E-state index < -0.39 is 10.0 Å². The van der Waals surface area contributed by atoms with Crippen molar-refractivity contribution in [3.63, 3.8) is 0 Å². The van der Waals surface area contributed by atoms with Crippen LogP contribution in [-0.4, -0.2) is 48.7 Å². The summed E-state index contributed by atoms with van der Waals surface area (Å²) in [7, 11) is -1.77. The van der Waals surface area contributed by atoms with Crippen LogP contribution in [0.3, 0.4) is 0 Å². The van der Waals surface area contributed by atoms with Crippen LogP contribution < -0.4 is 0 Å². The Balaban J connectivity index is 1.50. The summed E-state index contributed by atoms with van der Waals surface area (Å²) in [5.74, 6) is -0.214. The van der Waals surface area contributed by atoms with Gasteiger partial charge in [-0.1, -0.05) is 54.1 Å². The molecular formula is C27H31N3O3S. The van der Waals surface area contributed by atoms with Gasteiger partial charge in [-0.05, 0) is 56.0 Å². The molecular weight excluding hydrogens is 446 g/mol. The number of piperidine rings is 1. The maximum absolute atomic E-state index is 13.5. The van der Waals surface area contributed by atoms with E-state index in [2.05, 4.69) is 4.98 Å². The first kappa shape index (κ1) is 24.1. The zero-order valence-electron chi connectivity index (χ0n) is 19.9. The summed E-state index contributed by atoms with van der Waals surface area (Å²) in [6.45, 7) is 4.44. The van der Waals surface area contributed by atoms with Gasteiger partial charge in [-0.3, -0.25) is 9.78 Å². The minimum Gasteiger partial charge on any atom is -0.333 e. The molecule has 34 heavy (non-hydrogen) atoms. The maximum atomic E-state index is 13.5. The molecule has 6 nitrogen and oxygen atoms in total. The normalized spacial score (nSPS) is 16.2. The van der Waals surface area contributed by atoms with E-state index in [1.807, 2.05) is 81.6 Å². The van der Waals surface area contributed by atoms with Crippen molar-refractivity contribution in [3.05, 3.63) is 95.3 Å². The number of carbonyl (C=O) groups is 1. The summed E-state index contributed by atoms with van der Waals surface area (Å²) in [5.41, 5.74) is 3.58. The quantitative estimate of drug-likeness (QED) is 0.529. The van der Waals surface area contributed by atoms with Crippen molar-refractivity contribution in [2.45, 2.75) is 37.6 Å². The van der Waals surface area contributed by atoms with Crippen LogP contribution in [0.4, 0.5) is 0 Å². The average molecular weight is 478 g/mol. The lowest BCUT2D eigenvalue weighted by atomic mass is 9.94. The van der Waals surface area contributed by atoms with Gasteiger partial charge in [-0.25, -0.2) is 8.42 Å². The number of hydrogen-bond acceptors (Lipinski definition) is 4. The number of pyridine rings is 1. The monoisotopic (exact) mass is 477 g/mol. The van der Waals surface area contributed by atoms with Crippen molar-refractivity contribution in [2.24, 2.45) is 5.92 Å². The summed E-state index contributed by atoms with van der Waals surface area (Å²) in [5, 5.41) is 0. The number of nitrogens with zero attached hydrogens (tertiary/aromatic N) is 3. The lowest BCUT2D eigenvalue weighted by Gasteiger charge is -2.35. The van der Waals surface area contributed by atoms with Gasteiger partial charge in [-0.15, -0.1) is 0 Å². The van der Waals surface area contributed by atoms with Crippen LogP contribution in [-0.2, 0) is 14.8 Å². The van der Waals surface area contributed by atoms with E-state index in [1.165, 1.54) is 4.31 Å². The zero-order valence-corrected chi connectivity index (χ0v) is 20.7. The molecule has 1 amide bonds. The lowest BCUT2D eigenvalue weighted by molar-refractivity contribution is -0.137. The third kappa shape index (κ3) is 4.91. The third-order valence-corrected chi connectivity index (χ3v) is 8.63. The highest BCUT2D eigenvalue weighted by molar-refractivity contribution is 7.89. The van der Waals surface area contributed by atoms with Gasteiger partial charge in [-0.2, -0.15) is 4.31 Å². The molecule has 4 rings (SSSR count). The van der Waals surface area contributed by atoms with Crippen LogP contribution in [0.25, 0.3) is 0 Å². The van der Waals surface area contributed by atoms with Gasteiger partial charge in [0.05, 0.1) is 16.6 Å². The van der Waals surface area contributed by atoms with Crippen molar-refractivity contribution in [1.29, 1.82) is 0 Å². The Morgan fingerprint density at radius 2 is 1.68 bits per heavy atom. The smallest absolute Gasteiger partial charge is 0.243 e. The standard InChI is InChI=1S/C27H31N3O3S/c1-20-12-13-25(21(2)19-20)34(32,33)30-17-14-23(15-18-30)27(31)29(3)26(22-9-5-4-6-10-22)24-11-7-8-16-28-24/h4-13,16,19,23,26H,14-15,17-18H2,1-3H3. The van der Waals surface area contributed by atoms with Crippen molar-refractivity contribution < 1.29 is 13.2 Å². The highest BCUT2D eigenvalue weighted by atomic mass is 32.2. The Bertz CT molecular complexity index is 1200. The molecule has 2 heterocycles. The fourth-order valence-electron chi connectivity index (χ4n) is 4.75. The third-order valence-electron chi connectivity index (χ3n) is 6.57. The Kier molecular flexibility index (Phi) is 7.14. The first-order valence-corrected chi connectivity index (χ1v) is 13.0. The summed E-state index contributed by atoms with van der Waals surface area (Å²) in [4.78, 5) is 20.2. The first-order chi connectivity index (χ1) is 16.3. The second kappa shape index (κ2) is 10.1. The Morgan fingerprint density at radius 1 is 1.00 bits per heavy atom. The molecule has 1 aliphatic rings. The molecule has 2 aromatic carbocycles. The van der Waals surface area contributed by atoms with E-state index >= 15 is 0 Å². The van der Waals surface area contributed by atoms with Crippen molar-refractivity contribution in [3.8, 4) is 0 Å². The predicted octanol–water partition coefficient (Wildman–Crippen LogP) is 4.35. The Hall–Kier alpha value is -3.03. The fraction of sp³-hybridized carbons (Fsp3) is 0.333. The Labute approximate surface area is 202 Å². The van der Waals surface area contributed by atoms with Gasteiger partial charge in [0.25, 0.3) is 0 Å². The molecule has 178 valence electrons. The molecule has 0 bridgehead atoms. The lowest BCUT2D eigenvalue weighted by Crippen LogP contribution is -2.44. The van der Waals surface area contributed by atoms with E-state index in [0.29, 0.717) is 30.8 Å². The van der Waals surface area contributed by atoms with E-state index in [0.717, 1.165) is 22.4 Å². The molecule has 7 heteroatoms. The van der Waals surface area contributed by atoms with Gasteiger partial charge in [0.2, 0.25) is 15.9 Å². The SMILES string of the molecule is Cc1ccc(S(=O)(=O)N2CCC(C(=O)N(C)C(c3ccccc3)c3ccccn3)CC2)c(C)c1. The number of carbonyl (C=O) groups excluding carboxylic acids is 1. The topological polar surface area (TPSA) is 70.6 Å². The molecule has 0 spiro atoms. The van der Waals surface area contributed by atoms with Crippen LogP contribution in [0, 0.1) is 19.8 Å². The van der Waals surface area contributed by atoms with E-state index in [4.69, 9.17) is 0 Å². The number of benzene rings is 2. The van der Waals surface area contributed by atoms with Crippen LogP contribution in [0.15, 0.2) is 77.8 Å². The number of aromatic nitrogens is 1. The number of rotatable bonds is 6. The van der Waals surface area contributed by atoms with Gasteiger partial charge in [0.15, 0.2) is 0 Å². The summed E-state index contributed by atoms with van der Waals surface area (Å²) < 4.78 is 28.0. The van der Waals surface area contributed by atoms with E-state index in [-0.39, 0.29) is 17.9 Å². The molecule has 0 aliphatic carbocycles. The molecule has 1 aromatic heterocycles. The molecule has 1 unspecified atom stereocenters. The summed E-state index contributed by atoms with van der Waals surface area (Å²) in [6.07, 6.45) is 2.73. The van der Waals surface area contributed by atoms with Gasteiger partial charge >= 0.3 is 0 Å². The van der Waals surface area contributed by atoms with Crippen LogP contribution in [0.5, 0.6) is 0 Å². The van der Waals surface area contributed by atoms with E-state index in [9.17, 15) is 13.2 Å². The van der Waals surface area contributed by atoms with Crippen LogP contribution >= 0.6 is 0 Å². The highest BCUT2D eigenvalue weighted by Crippen LogP contribution is 2.31. The molecule has 3 aromatic rings. The molecule has 0 N–H and O–H groups in total. The zero-order chi connectivity index (χ0) is 24.3. The molecule has 0 saturated carbocycles. The van der Waals surface area contributed by atoms with Crippen molar-refractivity contribution in [1.82, 2.24) is 14.2 Å². The summed E-state index contributed by atoms with van der Waals surface area (Å²) >= 11 is 0. The summed E-state index contributed by atoms with van der Waals surface area (Å²) in [6, 6.07) is 20.7. The first-order valence-electron chi connectivity index (χ1n) is 11.6. The second-order valence-corrected chi connectivity index (χ2v) is 10.9. The maximum Gasteiger partial charge on any atom is 0.243 e. The number of sulfonamides is 1. The van der Waals surface area contributed by atoms with Crippen molar-refractivity contribution >= 4 is 15.9 Å². The van der Waals surface area contributed by atoms with Crippen LogP contribution in [0.1, 0.15) is 41.3 Å². The van der Waals surface area contributed by atoms with Gasteiger partial charge in [0, 0.05) is 32.3 Å². The van der Waals surface area contributed by atoms with Crippen LogP contribution in [0.2, 0.25) is 0 Å². The Morgan fingerprint density at radius 3 is 2.29 bits per heavy atom. The molecule has 1 fully saturated rings. The fourth-order valence-corrected chi connectivity index (χ4v) is 6.43. The number of hydrogen-bond donors (Lipinski definition) is 0. The molecule has 1 saturated heterocycles. The average Bonchev–Trinajstić information content (AvgIpc) is 2.85.